The number of hydrogen-bond acceptors (Lipinski definition) is 3. The Morgan fingerprint density at radius 1 is 0.958 bits per heavy atom. The quantitative estimate of drug-likeness (QED) is 0.538. The summed E-state index contributed by atoms with van der Waals surface area (Å²) in [5.74, 6) is 0.460. The molecule has 0 aliphatic heterocycles. The number of hydrogen-bond donors (Lipinski definition) is 0. The van der Waals surface area contributed by atoms with Crippen molar-refractivity contribution in [2.24, 2.45) is 0 Å². The van der Waals surface area contributed by atoms with E-state index in [9.17, 15) is 9.18 Å². The fourth-order valence-corrected chi connectivity index (χ4v) is 2.41. The van der Waals surface area contributed by atoms with E-state index in [2.05, 4.69) is 0 Å². The van der Waals surface area contributed by atoms with Gasteiger partial charge in [-0.1, -0.05) is 39.0 Å². The molecular weight excluding hydrogens is 307 g/mol. The highest BCUT2D eigenvalue weighted by molar-refractivity contribution is 5.72. The van der Waals surface area contributed by atoms with Gasteiger partial charge in [0.25, 0.3) is 0 Å². The van der Waals surface area contributed by atoms with Gasteiger partial charge in [-0.3, -0.25) is 4.79 Å². The molecule has 0 spiro atoms. The standard InChI is InChI=1S/C20H23FO3/c1-4-14-11-15(5-2)19(12-17(14)21)23-13-16-9-7-8-10-18(16)24-20(22)6-3/h7-12H,4-6,13H2,1-3H3. The van der Waals surface area contributed by atoms with Crippen molar-refractivity contribution >= 4 is 5.97 Å². The van der Waals surface area contributed by atoms with Crippen molar-refractivity contribution in [2.45, 2.75) is 46.6 Å². The minimum absolute atomic E-state index is 0.213. The Morgan fingerprint density at radius 3 is 2.33 bits per heavy atom. The molecule has 2 rings (SSSR count). The van der Waals surface area contributed by atoms with Gasteiger partial charge in [0.15, 0.2) is 0 Å². The molecule has 0 saturated heterocycles. The van der Waals surface area contributed by atoms with Crippen LogP contribution in [0.2, 0.25) is 0 Å². The Kier molecular flexibility index (Phi) is 6.36. The van der Waals surface area contributed by atoms with E-state index in [1.165, 1.54) is 6.07 Å². The normalized spacial score (nSPS) is 10.5. The van der Waals surface area contributed by atoms with Crippen molar-refractivity contribution in [2.75, 3.05) is 0 Å². The first-order valence-electron chi connectivity index (χ1n) is 8.31. The molecule has 0 aliphatic carbocycles. The van der Waals surface area contributed by atoms with E-state index < -0.39 is 0 Å². The highest BCUT2D eigenvalue weighted by Gasteiger charge is 2.12. The van der Waals surface area contributed by atoms with Gasteiger partial charge in [-0.2, -0.15) is 0 Å². The lowest BCUT2D eigenvalue weighted by molar-refractivity contribution is -0.134. The minimum atomic E-state index is -0.296. The van der Waals surface area contributed by atoms with Crippen molar-refractivity contribution < 1.29 is 18.7 Å². The lowest BCUT2D eigenvalue weighted by Gasteiger charge is -2.14. The maximum Gasteiger partial charge on any atom is 0.310 e. The van der Waals surface area contributed by atoms with E-state index >= 15 is 0 Å². The van der Waals surface area contributed by atoms with Crippen LogP contribution in [0.5, 0.6) is 11.5 Å². The van der Waals surface area contributed by atoms with Gasteiger partial charge in [-0.05, 0) is 36.1 Å². The van der Waals surface area contributed by atoms with Gasteiger partial charge in [0.2, 0.25) is 0 Å². The van der Waals surface area contributed by atoms with Crippen LogP contribution in [0.4, 0.5) is 4.39 Å². The Hall–Kier alpha value is -2.36. The van der Waals surface area contributed by atoms with E-state index in [0.29, 0.717) is 29.9 Å². The summed E-state index contributed by atoms with van der Waals surface area (Å²) in [6.07, 6.45) is 1.71. The molecule has 0 N–H and O–H groups in total. The van der Waals surface area contributed by atoms with Crippen LogP contribution >= 0.6 is 0 Å². The van der Waals surface area contributed by atoms with Crippen LogP contribution in [-0.4, -0.2) is 5.97 Å². The fourth-order valence-electron chi connectivity index (χ4n) is 2.41. The van der Waals surface area contributed by atoms with Crippen LogP contribution in [0.25, 0.3) is 0 Å². The molecule has 0 radical (unpaired) electrons. The molecule has 4 heteroatoms. The van der Waals surface area contributed by atoms with Crippen LogP contribution in [-0.2, 0) is 24.2 Å². The number of carbonyl (C=O) groups is 1. The number of benzene rings is 2. The average molecular weight is 330 g/mol. The zero-order chi connectivity index (χ0) is 17.5. The summed E-state index contributed by atoms with van der Waals surface area (Å²) in [6, 6.07) is 10.5. The van der Waals surface area contributed by atoms with Gasteiger partial charge >= 0.3 is 5.97 Å². The van der Waals surface area contributed by atoms with Crippen molar-refractivity contribution in [3.05, 3.63) is 58.9 Å². The second-order valence-corrected chi connectivity index (χ2v) is 5.48. The molecule has 2 aromatic rings. The molecule has 0 fully saturated rings. The SMILES string of the molecule is CCC(=O)Oc1ccccc1COc1cc(F)c(CC)cc1CC. The maximum atomic E-state index is 14.0. The third-order valence-electron chi connectivity index (χ3n) is 3.86. The number of para-hydroxylation sites is 1. The van der Waals surface area contributed by atoms with Crippen LogP contribution in [0.3, 0.4) is 0 Å². The summed E-state index contributed by atoms with van der Waals surface area (Å²) >= 11 is 0. The van der Waals surface area contributed by atoms with E-state index in [4.69, 9.17) is 9.47 Å². The molecule has 0 amide bonds. The van der Waals surface area contributed by atoms with E-state index in [-0.39, 0.29) is 18.4 Å². The van der Waals surface area contributed by atoms with Crippen LogP contribution in [0.1, 0.15) is 43.9 Å². The fraction of sp³-hybridized carbons (Fsp3) is 0.350. The smallest absolute Gasteiger partial charge is 0.310 e. The van der Waals surface area contributed by atoms with Crippen LogP contribution < -0.4 is 9.47 Å². The Labute approximate surface area is 142 Å². The zero-order valence-corrected chi connectivity index (χ0v) is 14.4. The molecule has 3 nitrogen and oxygen atoms in total. The highest BCUT2D eigenvalue weighted by atomic mass is 19.1. The van der Waals surface area contributed by atoms with E-state index in [1.54, 1.807) is 19.1 Å². The summed E-state index contributed by atoms with van der Waals surface area (Å²) in [7, 11) is 0. The summed E-state index contributed by atoms with van der Waals surface area (Å²) in [5, 5.41) is 0. The predicted octanol–water partition coefficient (Wildman–Crippen LogP) is 4.84. The Morgan fingerprint density at radius 2 is 1.67 bits per heavy atom. The first-order chi connectivity index (χ1) is 11.6. The monoisotopic (exact) mass is 330 g/mol. The van der Waals surface area contributed by atoms with Crippen LogP contribution in [0.15, 0.2) is 36.4 Å². The third kappa shape index (κ3) is 4.34. The second kappa shape index (κ2) is 8.48. The number of aryl methyl sites for hydroxylation is 2. The Bertz CT molecular complexity index is 710. The van der Waals surface area contributed by atoms with Crippen LogP contribution in [0, 0.1) is 5.82 Å². The first-order valence-corrected chi connectivity index (χ1v) is 8.31. The zero-order valence-electron chi connectivity index (χ0n) is 14.4. The van der Waals surface area contributed by atoms with Gasteiger partial charge in [0.1, 0.15) is 23.9 Å². The molecular formula is C20H23FO3. The van der Waals surface area contributed by atoms with Crippen molar-refractivity contribution in [3.8, 4) is 11.5 Å². The molecule has 2 aromatic carbocycles. The number of halogens is 1. The van der Waals surface area contributed by atoms with Gasteiger partial charge in [-0.25, -0.2) is 4.39 Å². The summed E-state index contributed by atoms with van der Waals surface area (Å²) < 4.78 is 25.2. The van der Waals surface area contributed by atoms with Gasteiger partial charge in [0, 0.05) is 18.1 Å². The average Bonchev–Trinajstić information content (AvgIpc) is 2.60. The second-order valence-electron chi connectivity index (χ2n) is 5.48. The molecule has 0 saturated carbocycles. The molecule has 0 unspecified atom stereocenters. The highest BCUT2D eigenvalue weighted by Crippen LogP contribution is 2.27. The van der Waals surface area contributed by atoms with Gasteiger partial charge in [0.05, 0.1) is 0 Å². The van der Waals surface area contributed by atoms with Gasteiger partial charge < -0.3 is 9.47 Å². The minimum Gasteiger partial charge on any atom is -0.488 e. The van der Waals surface area contributed by atoms with Crippen molar-refractivity contribution in [1.82, 2.24) is 0 Å². The maximum absolute atomic E-state index is 14.0. The first kappa shape index (κ1) is 18.0. The topological polar surface area (TPSA) is 35.5 Å². The number of carbonyl (C=O) groups excluding carboxylic acids is 1. The molecule has 0 aliphatic rings. The molecule has 24 heavy (non-hydrogen) atoms. The number of esters is 1. The molecule has 128 valence electrons. The van der Waals surface area contributed by atoms with E-state index in [0.717, 1.165) is 17.5 Å². The third-order valence-corrected chi connectivity index (χ3v) is 3.86. The summed E-state index contributed by atoms with van der Waals surface area (Å²) in [4.78, 5) is 11.5. The summed E-state index contributed by atoms with van der Waals surface area (Å²) in [6.45, 7) is 5.89. The molecule has 0 aromatic heterocycles. The number of ether oxygens (including phenoxy) is 2. The van der Waals surface area contributed by atoms with Crippen molar-refractivity contribution in [3.63, 3.8) is 0 Å². The lowest BCUT2D eigenvalue weighted by Crippen LogP contribution is -2.09. The largest absolute Gasteiger partial charge is 0.488 e. The molecule has 0 atom stereocenters. The summed E-state index contributed by atoms with van der Waals surface area (Å²) in [5.41, 5.74) is 2.41. The molecule has 0 bridgehead atoms. The lowest BCUT2D eigenvalue weighted by atomic mass is 10.1. The van der Waals surface area contributed by atoms with E-state index in [1.807, 2.05) is 32.0 Å². The Balaban J connectivity index is 2.19. The molecule has 0 heterocycles. The van der Waals surface area contributed by atoms with Crippen molar-refractivity contribution in [1.29, 1.82) is 0 Å². The predicted molar refractivity (Wildman–Crippen MR) is 91.9 cm³/mol. The number of rotatable bonds is 7. The van der Waals surface area contributed by atoms with Gasteiger partial charge in [-0.15, -0.1) is 0 Å².